The van der Waals surface area contributed by atoms with E-state index in [9.17, 15) is 0 Å². The second-order valence-corrected chi connectivity index (χ2v) is 5.81. The van der Waals surface area contributed by atoms with Gasteiger partial charge < -0.3 is 0 Å². The van der Waals surface area contributed by atoms with Gasteiger partial charge in [-0.1, -0.05) is 12.1 Å². The molecule has 0 aliphatic rings. The van der Waals surface area contributed by atoms with Crippen molar-refractivity contribution in [3.05, 3.63) is 57.7 Å². The van der Waals surface area contributed by atoms with E-state index in [0.29, 0.717) is 0 Å². The molecule has 0 N–H and O–H groups in total. The fourth-order valence-corrected chi connectivity index (χ4v) is 2.68. The van der Waals surface area contributed by atoms with Crippen LogP contribution in [0.2, 0.25) is 0 Å². The molecule has 0 saturated carbocycles. The van der Waals surface area contributed by atoms with Gasteiger partial charge in [-0.3, -0.25) is 9.97 Å². The summed E-state index contributed by atoms with van der Waals surface area (Å²) < 4.78 is 1.01. The average Bonchev–Trinajstić information content (AvgIpc) is 2.41. The number of aromatic nitrogens is 2. The molecule has 0 spiro atoms. The number of benzene rings is 1. The van der Waals surface area contributed by atoms with E-state index in [2.05, 4.69) is 69.8 Å². The van der Waals surface area contributed by atoms with Crippen LogP contribution >= 0.6 is 22.6 Å². The Labute approximate surface area is 126 Å². The van der Waals surface area contributed by atoms with Crippen molar-refractivity contribution in [1.29, 1.82) is 0 Å². The van der Waals surface area contributed by atoms with E-state index in [1.807, 2.05) is 19.3 Å². The summed E-state index contributed by atoms with van der Waals surface area (Å²) >= 11 is 2.25. The molecule has 0 unspecified atom stereocenters. The monoisotopic (exact) mass is 360 g/mol. The van der Waals surface area contributed by atoms with Gasteiger partial charge in [0, 0.05) is 23.5 Å². The van der Waals surface area contributed by atoms with Crippen LogP contribution in [-0.4, -0.2) is 9.97 Å². The van der Waals surface area contributed by atoms with Crippen molar-refractivity contribution in [3.8, 4) is 11.1 Å². The first-order chi connectivity index (χ1) is 9.13. The molecule has 0 aliphatic heterocycles. The van der Waals surface area contributed by atoms with Gasteiger partial charge in [-0.15, -0.1) is 0 Å². The van der Waals surface area contributed by atoms with Crippen molar-refractivity contribution in [2.75, 3.05) is 0 Å². The molecule has 0 saturated heterocycles. The van der Waals surface area contributed by atoms with Gasteiger partial charge in [0.1, 0.15) is 3.70 Å². The van der Waals surface area contributed by atoms with Crippen LogP contribution in [-0.2, 0) is 0 Å². The van der Waals surface area contributed by atoms with E-state index >= 15 is 0 Å². The molecule has 1 aromatic carbocycles. The second-order valence-electron chi connectivity index (χ2n) is 4.71. The molecule has 0 bridgehead atoms. The van der Waals surface area contributed by atoms with Crippen LogP contribution in [0.4, 0.5) is 0 Å². The highest BCUT2D eigenvalue weighted by atomic mass is 127. The predicted octanol–water partition coefficient (Wildman–Crippen LogP) is 4.52. The molecule has 0 fully saturated rings. The lowest BCUT2D eigenvalue weighted by atomic mass is 10.00. The van der Waals surface area contributed by atoms with Crippen LogP contribution in [0.25, 0.3) is 21.9 Å². The number of aryl methyl sites for hydroxylation is 2. The Morgan fingerprint density at radius 1 is 0.895 bits per heavy atom. The van der Waals surface area contributed by atoms with Gasteiger partial charge in [0.2, 0.25) is 0 Å². The van der Waals surface area contributed by atoms with Crippen molar-refractivity contribution in [2.24, 2.45) is 0 Å². The van der Waals surface area contributed by atoms with E-state index in [1.165, 1.54) is 27.5 Å². The van der Waals surface area contributed by atoms with Crippen LogP contribution in [0, 0.1) is 17.5 Å². The minimum Gasteiger partial charge on any atom is -0.261 e. The summed E-state index contributed by atoms with van der Waals surface area (Å²) in [5.74, 6) is 0. The minimum absolute atomic E-state index is 1.01. The van der Waals surface area contributed by atoms with E-state index in [1.54, 1.807) is 0 Å². The highest BCUT2D eigenvalue weighted by molar-refractivity contribution is 14.1. The lowest BCUT2D eigenvalue weighted by Gasteiger charge is -2.08. The smallest absolute Gasteiger partial charge is 0.101 e. The molecule has 2 aromatic heterocycles. The number of hydrogen-bond acceptors (Lipinski definition) is 2. The Bertz CT molecular complexity index is 766. The molecule has 0 aliphatic carbocycles. The number of nitrogens with zero attached hydrogens (tertiary/aromatic N) is 2. The topological polar surface area (TPSA) is 25.8 Å². The average molecular weight is 360 g/mol. The number of hydrogen-bond donors (Lipinski definition) is 0. The van der Waals surface area contributed by atoms with Crippen molar-refractivity contribution < 1.29 is 0 Å². The summed E-state index contributed by atoms with van der Waals surface area (Å²) in [6.07, 6.45) is 3.87. The SMILES string of the molecule is Cc1cc2ccc(-c3cc(I)ncc3C)cc2cn1. The maximum atomic E-state index is 4.37. The summed E-state index contributed by atoms with van der Waals surface area (Å²) in [6.45, 7) is 4.11. The van der Waals surface area contributed by atoms with Crippen molar-refractivity contribution in [1.82, 2.24) is 9.97 Å². The lowest BCUT2D eigenvalue weighted by molar-refractivity contribution is 1.22. The predicted molar refractivity (Wildman–Crippen MR) is 87.2 cm³/mol. The number of fused-ring (bicyclic) bond motifs is 1. The Kier molecular flexibility index (Phi) is 3.22. The summed E-state index contributed by atoms with van der Waals surface area (Å²) in [5, 5.41) is 2.41. The first-order valence-electron chi connectivity index (χ1n) is 6.12. The van der Waals surface area contributed by atoms with Gasteiger partial charge in [0.25, 0.3) is 0 Å². The van der Waals surface area contributed by atoms with Crippen LogP contribution in [0.3, 0.4) is 0 Å². The highest BCUT2D eigenvalue weighted by Gasteiger charge is 2.05. The normalized spacial score (nSPS) is 10.9. The Morgan fingerprint density at radius 2 is 1.74 bits per heavy atom. The Morgan fingerprint density at radius 3 is 2.58 bits per heavy atom. The van der Waals surface area contributed by atoms with Gasteiger partial charge in [0.15, 0.2) is 0 Å². The molecular weight excluding hydrogens is 347 g/mol. The molecule has 3 heteroatoms. The molecule has 19 heavy (non-hydrogen) atoms. The summed E-state index contributed by atoms with van der Waals surface area (Å²) in [7, 11) is 0. The third-order valence-electron chi connectivity index (χ3n) is 3.24. The molecule has 94 valence electrons. The third kappa shape index (κ3) is 2.47. The fraction of sp³-hybridized carbons (Fsp3) is 0.125. The molecule has 3 aromatic rings. The van der Waals surface area contributed by atoms with Gasteiger partial charge >= 0.3 is 0 Å². The Hall–Kier alpha value is -1.49. The minimum atomic E-state index is 1.01. The zero-order valence-electron chi connectivity index (χ0n) is 10.8. The summed E-state index contributed by atoms with van der Waals surface area (Å²) in [4.78, 5) is 8.68. The maximum absolute atomic E-state index is 4.37. The number of rotatable bonds is 1. The van der Waals surface area contributed by atoms with Gasteiger partial charge in [-0.05, 0) is 76.7 Å². The zero-order chi connectivity index (χ0) is 13.4. The molecule has 0 amide bonds. The van der Waals surface area contributed by atoms with Gasteiger partial charge in [-0.25, -0.2) is 0 Å². The molecule has 0 atom stereocenters. The number of halogens is 1. The van der Waals surface area contributed by atoms with Crippen LogP contribution in [0.1, 0.15) is 11.3 Å². The Balaban J connectivity index is 2.20. The molecule has 0 radical (unpaired) electrons. The summed E-state index contributed by atoms with van der Waals surface area (Å²) in [6, 6.07) is 10.8. The first kappa shape index (κ1) is 12.5. The molecule has 2 nitrogen and oxygen atoms in total. The van der Waals surface area contributed by atoms with Gasteiger partial charge in [-0.2, -0.15) is 0 Å². The standard InChI is InChI=1S/C16H13IN2/c1-10-8-19-16(17)7-15(10)13-4-3-12-5-11(2)18-9-14(12)6-13/h3-9H,1-2H3. The highest BCUT2D eigenvalue weighted by Crippen LogP contribution is 2.27. The quantitative estimate of drug-likeness (QED) is 0.471. The molecule has 2 heterocycles. The summed E-state index contributed by atoms with van der Waals surface area (Å²) in [5.41, 5.74) is 4.70. The van der Waals surface area contributed by atoms with Crippen LogP contribution in [0.15, 0.2) is 42.7 Å². The van der Waals surface area contributed by atoms with Crippen molar-refractivity contribution in [3.63, 3.8) is 0 Å². The van der Waals surface area contributed by atoms with Crippen molar-refractivity contribution >= 4 is 33.4 Å². The van der Waals surface area contributed by atoms with Crippen molar-refractivity contribution in [2.45, 2.75) is 13.8 Å². The van der Waals surface area contributed by atoms with E-state index in [0.717, 1.165) is 9.39 Å². The van der Waals surface area contributed by atoms with Crippen LogP contribution < -0.4 is 0 Å². The van der Waals surface area contributed by atoms with E-state index < -0.39 is 0 Å². The third-order valence-corrected chi connectivity index (χ3v) is 3.83. The molecular formula is C16H13IN2. The van der Waals surface area contributed by atoms with E-state index in [4.69, 9.17) is 0 Å². The van der Waals surface area contributed by atoms with Crippen LogP contribution in [0.5, 0.6) is 0 Å². The second kappa shape index (κ2) is 4.89. The lowest BCUT2D eigenvalue weighted by Crippen LogP contribution is -1.89. The van der Waals surface area contributed by atoms with E-state index in [-0.39, 0.29) is 0 Å². The largest absolute Gasteiger partial charge is 0.261 e. The zero-order valence-corrected chi connectivity index (χ0v) is 13.0. The maximum Gasteiger partial charge on any atom is 0.101 e. The number of pyridine rings is 2. The van der Waals surface area contributed by atoms with Gasteiger partial charge in [0.05, 0.1) is 0 Å². The molecule has 3 rings (SSSR count). The fourth-order valence-electron chi connectivity index (χ4n) is 2.23. The first-order valence-corrected chi connectivity index (χ1v) is 7.20.